The van der Waals surface area contributed by atoms with E-state index in [2.05, 4.69) is 15.8 Å². The van der Waals surface area contributed by atoms with E-state index in [0.29, 0.717) is 31.3 Å². The fourth-order valence-electron chi connectivity index (χ4n) is 2.19. The average molecular weight is 296 g/mol. The first-order chi connectivity index (χ1) is 10.1. The summed E-state index contributed by atoms with van der Waals surface area (Å²) in [4.78, 5) is 25.7. The molecule has 1 amide bonds. The summed E-state index contributed by atoms with van der Waals surface area (Å²) < 4.78 is 9.97. The van der Waals surface area contributed by atoms with Gasteiger partial charge in [-0.25, -0.2) is 0 Å². The highest BCUT2D eigenvalue weighted by Gasteiger charge is 2.31. The second kappa shape index (κ2) is 7.19. The normalized spacial score (nSPS) is 19.2. The minimum atomic E-state index is -0.444. The van der Waals surface area contributed by atoms with E-state index in [1.165, 1.54) is 0 Å². The first-order valence-electron chi connectivity index (χ1n) is 6.94. The molecule has 1 atom stereocenters. The van der Waals surface area contributed by atoms with Crippen LogP contribution < -0.4 is 10.6 Å². The lowest BCUT2D eigenvalue weighted by Gasteiger charge is -2.33. The molecule has 1 fully saturated rings. The topological polar surface area (TPSA) is 96.7 Å². The van der Waals surface area contributed by atoms with Gasteiger partial charge in [0.25, 0.3) is 0 Å². The van der Waals surface area contributed by atoms with Crippen LogP contribution in [0.1, 0.15) is 12.6 Å². The van der Waals surface area contributed by atoms with Crippen LogP contribution in [0.25, 0.3) is 0 Å². The number of ether oxygens (including phenoxy) is 1. The minimum Gasteiger partial charge on any atom is -0.465 e. The zero-order valence-corrected chi connectivity index (χ0v) is 12.2. The molecule has 1 aliphatic heterocycles. The number of piperazine rings is 1. The summed E-state index contributed by atoms with van der Waals surface area (Å²) in [5.41, 5.74) is 0.692. The first kappa shape index (κ1) is 15.5. The van der Waals surface area contributed by atoms with Crippen LogP contribution in [-0.2, 0) is 14.3 Å². The highest BCUT2D eigenvalue weighted by Crippen LogP contribution is 2.10. The van der Waals surface area contributed by atoms with Crippen LogP contribution in [0.15, 0.2) is 10.6 Å². The molecule has 0 saturated carbocycles. The van der Waals surface area contributed by atoms with Crippen LogP contribution in [0.3, 0.4) is 0 Å². The van der Waals surface area contributed by atoms with Gasteiger partial charge >= 0.3 is 5.97 Å². The summed E-state index contributed by atoms with van der Waals surface area (Å²) in [6.07, 6.45) is 0. The Morgan fingerprint density at radius 3 is 3.10 bits per heavy atom. The maximum atomic E-state index is 12.0. The van der Waals surface area contributed by atoms with E-state index in [9.17, 15) is 9.59 Å². The number of aromatic nitrogens is 1. The molecule has 2 heterocycles. The van der Waals surface area contributed by atoms with Crippen LogP contribution in [0.5, 0.6) is 0 Å². The third-order valence-corrected chi connectivity index (χ3v) is 3.15. The summed E-state index contributed by atoms with van der Waals surface area (Å²) >= 11 is 0. The molecule has 1 aliphatic rings. The molecule has 116 valence electrons. The Hall–Kier alpha value is -1.93. The Balaban J connectivity index is 1.92. The van der Waals surface area contributed by atoms with E-state index in [1.54, 1.807) is 24.8 Å². The van der Waals surface area contributed by atoms with Gasteiger partial charge < -0.3 is 14.6 Å². The van der Waals surface area contributed by atoms with Crippen molar-refractivity contribution in [3.8, 4) is 0 Å². The van der Waals surface area contributed by atoms with E-state index in [-0.39, 0.29) is 18.4 Å². The maximum Gasteiger partial charge on any atom is 0.324 e. The summed E-state index contributed by atoms with van der Waals surface area (Å²) in [5.74, 6) is -0.254. The number of anilines is 1. The van der Waals surface area contributed by atoms with Crippen molar-refractivity contribution in [2.45, 2.75) is 19.9 Å². The zero-order chi connectivity index (χ0) is 15.2. The number of rotatable bonds is 5. The summed E-state index contributed by atoms with van der Waals surface area (Å²) in [5, 5.41) is 9.44. The fourth-order valence-corrected chi connectivity index (χ4v) is 2.19. The van der Waals surface area contributed by atoms with Gasteiger partial charge in [-0.1, -0.05) is 5.16 Å². The summed E-state index contributed by atoms with van der Waals surface area (Å²) in [7, 11) is 0. The van der Waals surface area contributed by atoms with Crippen molar-refractivity contribution in [1.29, 1.82) is 0 Å². The monoisotopic (exact) mass is 296 g/mol. The van der Waals surface area contributed by atoms with Crippen molar-refractivity contribution in [3.05, 3.63) is 11.8 Å². The predicted octanol–water partition coefficient (Wildman–Crippen LogP) is -0.242. The maximum absolute atomic E-state index is 12.0. The third-order valence-electron chi connectivity index (χ3n) is 3.15. The number of hydrogen-bond acceptors (Lipinski definition) is 7. The minimum absolute atomic E-state index is 0.102. The number of carbonyl (C=O) groups is 2. The van der Waals surface area contributed by atoms with Crippen molar-refractivity contribution >= 4 is 17.8 Å². The molecule has 1 saturated heterocycles. The molecule has 21 heavy (non-hydrogen) atoms. The number of aryl methyl sites for hydroxylation is 1. The van der Waals surface area contributed by atoms with Gasteiger partial charge in [-0.2, -0.15) is 0 Å². The van der Waals surface area contributed by atoms with Crippen molar-refractivity contribution < 1.29 is 18.8 Å². The molecule has 0 aromatic carbocycles. The van der Waals surface area contributed by atoms with Crippen LogP contribution in [-0.4, -0.2) is 60.8 Å². The standard InChI is InChI=1S/C13H20N4O4/c1-3-20-13(19)10-7-14-4-5-17(10)8-11(18)15-12-6-9(2)16-21-12/h6,10,14H,3-5,7-8H2,1-2H3,(H,15,18). The Bertz CT molecular complexity index is 502. The third kappa shape index (κ3) is 4.27. The van der Waals surface area contributed by atoms with E-state index >= 15 is 0 Å². The van der Waals surface area contributed by atoms with Gasteiger partial charge in [0.1, 0.15) is 6.04 Å². The highest BCUT2D eigenvalue weighted by atomic mass is 16.5. The van der Waals surface area contributed by atoms with Gasteiger partial charge in [-0.3, -0.25) is 19.8 Å². The van der Waals surface area contributed by atoms with Crippen molar-refractivity contribution in [1.82, 2.24) is 15.4 Å². The molecule has 1 unspecified atom stereocenters. The second-order valence-corrected chi connectivity index (χ2v) is 4.82. The number of amides is 1. The molecule has 8 nitrogen and oxygen atoms in total. The Morgan fingerprint density at radius 2 is 2.43 bits per heavy atom. The molecular weight excluding hydrogens is 276 g/mol. The first-order valence-corrected chi connectivity index (χ1v) is 6.94. The summed E-state index contributed by atoms with van der Waals surface area (Å²) in [6.45, 7) is 5.77. The smallest absolute Gasteiger partial charge is 0.324 e. The molecule has 2 N–H and O–H groups in total. The largest absolute Gasteiger partial charge is 0.465 e. The van der Waals surface area contributed by atoms with E-state index in [1.807, 2.05) is 0 Å². The predicted molar refractivity (Wildman–Crippen MR) is 74.7 cm³/mol. The molecule has 0 radical (unpaired) electrons. The number of nitrogens with one attached hydrogen (secondary N) is 2. The van der Waals surface area contributed by atoms with Gasteiger partial charge in [0.2, 0.25) is 11.8 Å². The van der Waals surface area contributed by atoms with Gasteiger partial charge in [0.15, 0.2) is 0 Å². The molecule has 0 aliphatic carbocycles. The van der Waals surface area contributed by atoms with E-state index in [0.717, 1.165) is 6.54 Å². The van der Waals surface area contributed by atoms with Gasteiger partial charge in [-0.15, -0.1) is 0 Å². The quantitative estimate of drug-likeness (QED) is 0.724. The van der Waals surface area contributed by atoms with Crippen molar-refractivity contribution in [2.24, 2.45) is 0 Å². The number of hydrogen-bond donors (Lipinski definition) is 2. The lowest BCUT2D eigenvalue weighted by molar-refractivity contribution is -0.150. The second-order valence-electron chi connectivity index (χ2n) is 4.82. The number of nitrogens with zero attached hydrogens (tertiary/aromatic N) is 2. The molecule has 2 rings (SSSR count). The van der Waals surface area contributed by atoms with Crippen LogP contribution in [0, 0.1) is 6.92 Å². The van der Waals surface area contributed by atoms with Gasteiger partial charge in [0, 0.05) is 25.7 Å². The Morgan fingerprint density at radius 1 is 1.62 bits per heavy atom. The fraction of sp³-hybridized carbons (Fsp3) is 0.615. The van der Waals surface area contributed by atoms with Crippen molar-refractivity contribution in [3.63, 3.8) is 0 Å². The van der Waals surface area contributed by atoms with Crippen LogP contribution >= 0.6 is 0 Å². The number of carbonyl (C=O) groups excluding carboxylic acids is 2. The molecule has 8 heteroatoms. The molecule has 0 bridgehead atoms. The molecule has 1 aromatic rings. The van der Waals surface area contributed by atoms with E-state index < -0.39 is 6.04 Å². The molecule has 1 aromatic heterocycles. The van der Waals surface area contributed by atoms with Gasteiger partial charge in [0.05, 0.1) is 18.8 Å². The SMILES string of the molecule is CCOC(=O)C1CNCCN1CC(=O)Nc1cc(C)no1. The van der Waals surface area contributed by atoms with Crippen LogP contribution in [0.4, 0.5) is 5.88 Å². The van der Waals surface area contributed by atoms with Crippen LogP contribution in [0.2, 0.25) is 0 Å². The van der Waals surface area contributed by atoms with Crippen molar-refractivity contribution in [2.75, 3.05) is 38.1 Å². The molecular formula is C13H20N4O4. The Labute approximate surface area is 122 Å². The zero-order valence-electron chi connectivity index (χ0n) is 12.2. The lowest BCUT2D eigenvalue weighted by atomic mass is 10.2. The van der Waals surface area contributed by atoms with Gasteiger partial charge in [-0.05, 0) is 13.8 Å². The Kier molecular flexibility index (Phi) is 5.29. The summed E-state index contributed by atoms with van der Waals surface area (Å²) in [6, 6.07) is 1.19. The average Bonchev–Trinajstić information content (AvgIpc) is 2.84. The van der Waals surface area contributed by atoms with E-state index in [4.69, 9.17) is 9.26 Å². The number of esters is 1. The lowest BCUT2D eigenvalue weighted by Crippen LogP contribution is -2.57. The molecule has 0 spiro atoms. The highest BCUT2D eigenvalue weighted by molar-refractivity contribution is 5.91.